The van der Waals surface area contributed by atoms with Crippen molar-refractivity contribution >= 4 is 35.0 Å². The lowest BCUT2D eigenvalue weighted by Crippen LogP contribution is -2.36. The highest BCUT2D eigenvalue weighted by molar-refractivity contribution is 8.01. The van der Waals surface area contributed by atoms with Crippen LogP contribution in [0.3, 0.4) is 0 Å². The molecule has 0 radical (unpaired) electrons. The average molecular weight is 268 g/mol. The number of fused-ring (bicyclic) bond motifs is 1. The lowest BCUT2D eigenvalue weighted by atomic mass is 10.2. The fraction of sp³-hybridized carbons (Fsp3) is 0.200. The van der Waals surface area contributed by atoms with Crippen LogP contribution in [0.25, 0.3) is 0 Å². The summed E-state index contributed by atoms with van der Waals surface area (Å²) < 4.78 is 4.50. The Morgan fingerprint density at radius 3 is 2.89 bits per heavy atom. The van der Waals surface area contributed by atoms with Gasteiger partial charge in [-0.05, 0) is 6.07 Å². The Morgan fingerprint density at radius 2 is 2.28 bits per heavy atom. The summed E-state index contributed by atoms with van der Waals surface area (Å²) in [7, 11) is 1.18. The summed E-state index contributed by atoms with van der Waals surface area (Å²) in [5.41, 5.74) is 0.358. The summed E-state index contributed by atoms with van der Waals surface area (Å²) in [6.07, 6.45) is 0. The molecular formula is C10H8N2O5S. The standard InChI is InChI=1S/C10H8N2O5S/c1-17-10(14)8-9(13)11-6-3-2-5(12(15)16)4-7(6)18-8/h2-4,8H,1H3,(H,11,13). The SMILES string of the molecule is COC(=O)C1Sc2cc([N+](=O)[O-])ccc2NC1=O. The molecule has 0 aliphatic carbocycles. The van der Waals surface area contributed by atoms with E-state index in [1.165, 1.54) is 25.3 Å². The van der Waals surface area contributed by atoms with E-state index in [1.807, 2.05) is 0 Å². The number of thioether (sulfide) groups is 1. The Labute approximate surface area is 106 Å². The van der Waals surface area contributed by atoms with E-state index in [0.29, 0.717) is 10.6 Å². The normalized spacial score (nSPS) is 17.6. The number of carbonyl (C=O) groups excluding carboxylic acids is 2. The van der Waals surface area contributed by atoms with Gasteiger partial charge in [0.05, 0.1) is 17.7 Å². The number of nitrogens with zero attached hydrogens (tertiary/aromatic N) is 1. The topological polar surface area (TPSA) is 98.5 Å². The minimum atomic E-state index is -1.04. The second kappa shape index (κ2) is 4.65. The maximum Gasteiger partial charge on any atom is 0.328 e. The van der Waals surface area contributed by atoms with Crippen molar-refractivity contribution in [2.24, 2.45) is 0 Å². The zero-order valence-corrected chi connectivity index (χ0v) is 10.0. The molecule has 0 aromatic heterocycles. The van der Waals surface area contributed by atoms with Crippen LogP contribution in [0.1, 0.15) is 0 Å². The second-order valence-corrected chi connectivity index (χ2v) is 4.59. The predicted molar refractivity (Wildman–Crippen MR) is 63.4 cm³/mol. The van der Waals surface area contributed by atoms with Crippen LogP contribution in [0.5, 0.6) is 0 Å². The number of anilines is 1. The third-order valence-corrected chi connectivity index (χ3v) is 3.57. The Hall–Kier alpha value is -2.09. The maximum atomic E-state index is 11.6. The third-order valence-electron chi connectivity index (χ3n) is 2.33. The number of ether oxygens (including phenoxy) is 1. The minimum Gasteiger partial charge on any atom is -0.468 e. The largest absolute Gasteiger partial charge is 0.468 e. The van der Waals surface area contributed by atoms with Gasteiger partial charge in [-0.25, -0.2) is 0 Å². The molecule has 1 aliphatic heterocycles. The lowest BCUT2D eigenvalue weighted by molar-refractivity contribution is -0.385. The van der Waals surface area contributed by atoms with Crippen LogP contribution in [0.15, 0.2) is 23.1 Å². The first-order valence-electron chi connectivity index (χ1n) is 4.86. The molecule has 0 saturated carbocycles. The molecule has 0 fully saturated rings. The molecule has 18 heavy (non-hydrogen) atoms. The number of carbonyl (C=O) groups is 2. The quantitative estimate of drug-likeness (QED) is 0.374. The summed E-state index contributed by atoms with van der Waals surface area (Å²) in [5.74, 6) is -1.18. The highest BCUT2D eigenvalue weighted by Gasteiger charge is 2.34. The minimum absolute atomic E-state index is 0.0963. The number of methoxy groups -OCH3 is 1. The van der Waals surface area contributed by atoms with Crippen LogP contribution >= 0.6 is 11.8 Å². The van der Waals surface area contributed by atoms with Crippen molar-refractivity contribution in [2.75, 3.05) is 12.4 Å². The summed E-state index contributed by atoms with van der Waals surface area (Å²) >= 11 is 0.938. The van der Waals surface area contributed by atoms with Crippen LogP contribution in [0.2, 0.25) is 0 Å². The molecule has 1 N–H and O–H groups in total. The monoisotopic (exact) mass is 268 g/mol. The van der Waals surface area contributed by atoms with E-state index in [9.17, 15) is 19.7 Å². The van der Waals surface area contributed by atoms with Crippen molar-refractivity contribution in [2.45, 2.75) is 10.1 Å². The molecule has 1 unspecified atom stereocenters. The number of amides is 1. The Morgan fingerprint density at radius 1 is 1.56 bits per heavy atom. The molecule has 1 heterocycles. The fourth-order valence-corrected chi connectivity index (χ4v) is 2.51. The molecule has 94 valence electrons. The van der Waals surface area contributed by atoms with E-state index in [2.05, 4.69) is 10.1 Å². The number of hydrogen-bond donors (Lipinski definition) is 1. The van der Waals surface area contributed by atoms with Gasteiger partial charge in [-0.3, -0.25) is 19.7 Å². The molecule has 1 amide bonds. The number of rotatable bonds is 2. The number of non-ortho nitro benzene ring substituents is 1. The van der Waals surface area contributed by atoms with E-state index < -0.39 is 22.0 Å². The van der Waals surface area contributed by atoms with Crippen molar-refractivity contribution in [1.82, 2.24) is 0 Å². The van der Waals surface area contributed by atoms with Gasteiger partial charge >= 0.3 is 5.97 Å². The van der Waals surface area contributed by atoms with Gasteiger partial charge in [0.15, 0.2) is 5.25 Å². The molecule has 1 aliphatic rings. The first kappa shape index (κ1) is 12.4. The lowest BCUT2D eigenvalue weighted by Gasteiger charge is -2.21. The van der Waals surface area contributed by atoms with Crippen LogP contribution < -0.4 is 5.32 Å². The van der Waals surface area contributed by atoms with E-state index in [4.69, 9.17) is 0 Å². The summed E-state index contributed by atoms with van der Waals surface area (Å²) in [6.45, 7) is 0. The summed E-state index contributed by atoms with van der Waals surface area (Å²) in [5, 5.41) is 12.1. The van der Waals surface area contributed by atoms with Crippen molar-refractivity contribution in [3.05, 3.63) is 28.3 Å². The molecule has 1 aromatic carbocycles. The van der Waals surface area contributed by atoms with Gasteiger partial charge in [0.25, 0.3) is 5.69 Å². The maximum absolute atomic E-state index is 11.6. The molecular weight excluding hydrogens is 260 g/mol. The summed E-state index contributed by atoms with van der Waals surface area (Å²) in [4.78, 5) is 33.6. The highest BCUT2D eigenvalue weighted by Crippen LogP contribution is 2.38. The average Bonchev–Trinajstić information content (AvgIpc) is 2.36. The zero-order valence-electron chi connectivity index (χ0n) is 9.21. The Kier molecular flexibility index (Phi) is 3.19. The van der Waals surface area contributed by atoms with Crippen molar-refractivity contribution in [3.8, 4) is 0 Å². The van der Waals surface area contributed by atoms with Crippen LogP contribution in [0, 0.1) is 10.1 Å². The van der Waals surface area contributed by atoms with Gasteiger partial charge in [-0.2, -0.15) is 0 Å². The Balaban J connectivity index is 2.36. The van der Waals surface area contributed by atoms with Gasteiger partial charge < -0.3 is 10.1 Å². The molecule has 0 spiro atoms. The van der Waals surface area contributed by atoms with E-state index >= 15 is 0 Å². The first-order valence-corrected chi connectivity index (χ1v) is 5.74. The number of benzene rings is 1. The molecule has 2 rings (SSSR count). The second-order valence-electron chi connectivity index (χ2n) is 3.45. The van der Waals surface area contributed by atoms with Crippen LogP contribution in [-0.4, -0.2) is 29.2 Å². The Bertz CT molecular complexity index is 545. The number of esters is 1. The zero-order chi connectivity index (χ0) is 13.3. The number of nitro benzene ring substituents is 1. The third kappa shape index (κ3) is 2.14. The van der Waals surface area contributed by atoms with E-state index in [-0.39, 0.29) is 5.69 Å². The molecule has 0 saturated heterocycles. The van der Waals surface area contributed by atoms with Gasteiger partial charge in [0.2, 0.25) is 5.91 Å². The summed E-state index contributed by atoms with van der Waals surface area (Å²) in [6, 6.07) is 4.04. The van der Waals surface area contributed by atoms with E-state index in [1.54, 1.807) is 0 Å². The van der Waals surface area contributed by atoms with Crippen molar-refractivity contribution in [1.29, 1.82) is 0 Å². The van der Waals surface area contributed by atoms with E-state index in [0.717, 1.165) is 11.8 Å². The molecule has 1 aromatic rings. The molecule has 0 bridgehead atoms. The predicted octanol–water partition coefficient (Wildman–Crippen LogP) is 1.18. The van der Waals surface area contributed by atoms with Gasteiger partial charge in [-0.15, -0.1) is 0 Å². The van der Waals surface area contributed by atoms with Crippen molar-refractivity contribution in [3.63, 3.8) is 0 Å². The van der Waals surface area contributed by atoms with Crippen LogP contribution in [-0.2, 0) is 14.3 Å². The molecule has 1 atom stereocenters. The number of nitro groups is 1. The molecule has 8 heteroatoms. The smallest absolute Gasteiger partial charge is 0.328 e. The first-order chi connectivity index (χ1) is 8.52. The van der Waals surface area contributed by atoms with Gasteiger partial charge in [-0.1, -0.05) is 11.8 Å². The van der Waals surface area contributed by atoms with Gasteiger partial charge in [0.1, 0.15) is 0 Å². The number of nitrogens with one attached hydrogen (secondary N) is 1. The van der Waals surface area contributed by atoms with Gasteiger partial charge in [0, 0.05) is 17.0 Å². The van der Waals surface area contributed by atoms with Crippen LogP contribution in [0.4, 0.5) is 11.4 Å². The van der Waals surface area contributed by atoms with Crippen molar-refractivity contribution < 1.29 is 19.2 Å². The highest BCUT2D eigenvalue weighted by atomic mass is 32.2. The fourth-order valence-electron chi connectivity index (χ4n) is 1.47. The number of hydrogen-bond acceptors (Lipinski definition) is 6. The molecule has 7 nitrogen and oxygen atoms in total.